The molecule has 2 unspecified atom stereocenters. The predicted molar refractivity (Wildman–Crippen MR) is 219 cm³/mol. The van der Waals surface area contributed by atoms with Gasteiger partial charge in [-0.25, -0.2) is 26.2 Å². The smallest absolute Gasteiger partial charge is 0.253 e. The van der Waals surface area contributed by atoms with Gasteiger partial charge in [0, 0.05) is 87.3 Å². The Morgan fingerprint density at radius 2 is 0.862 bits per heavy atom. The number of carbonyl (C=O) groups is 2. The number of piperazine rings is 2. The Kier molecular flexibility index (Phi) is 12.0. The van der Waals surface area contributed by atoms with Crippen LogP contribution in [0.5, 0.6) is 0 Å². The molecule has 0 aliphatic carbocycles. The SMILES string of the molecule is CC1CN(C(=O)c2ccccc2)CCN1S(=O)(=O)c1ccc(-n2cccn2)cc1.CC1CN(C(=O)c2ccccc2)CCN1S(=O)(=O)c1ccc(-n2cccn2)cc1. The number of hydrogen-bond donors (Lipinski definition) is 0. The number of sulfonamides is 2. The molecule has 2 aromatic heterocycles. The molecule has 2 amide bonds. The van der Waals surface area contributed by atoms with Crippen LogP contribution in [0.25, 0.3) is 11.4 Å². The van der Waals surface area contributed by atoms with Crippen LogP contribution in [0.15, 0.2) is 156 Å². The Bertz CT molecular complexity index is 2340. The lowest BCUT2D eigenvalue weighted by atomic mass is 10.1. The molecule has 0 spiro atoms. The molecule has 2 saturated heterocycles. The van der Waals surface area contributed by atoms with Crippen molar-refractivity contribution in [1.29, 1.82) is 0 Å². The lowest BCUT2D eigenvalue weighted by Gasteiger charge is -2.39. The molecular formula is C42H44N8O6S2. The molecule has 4 aromatic carbocycles. The van der Waals surface area contributed by atoms with Gasteiger partial charge in [0.2, 0.25) is 20.0 Å². The van der Waals surface area contributed by atoms with Gasteiger partial charge in [0.15, 0.2) is 0 Å². The molecule has 6 aromatic rings. The normalized spacial score (nSPS) is 18.0. The molecule has 2 aliphatic rings. The third-order valence-electron chi connectivity index (χ3n) is 10.2. The maximum absolute atomic E-state index is 13.1. The number of amides is 2. The lowest BCUT2D eigenvalue weighted by molar-refractivity contribution is 0.0637. The van der Waals surface area contributed by atoms with E-state index in [0.717, 1.165) is 11.4 Å². The summed E-state index contributed by atoms with van der Waals surface area (Å²) in [4.78, 5) is 29.3. The zero-order valence-corrected chi connectivity index (χ0v) is 33.7. The molecule has 0 N–H and O–H groups in total. The monoisotopic (exact) mass is 820 g/mol. The average Bonchev–Trinajstić information content (AvgIpc) is 4.00. The van der Waals surface area contributed by atoms with Crippen LogP contribution in [0.3, 0.4) is 0 Å². The van der Waals surface area contributed by atoms with Crippen LogP contribution in [0.2, 0.25) is 0 Å². The topological polar surface area (TPSA) is 151 Å². The van der Waals surface area contributed by atoms with E-state index < -0.39 is 20.0 Å². The van der Waals surface area contributed by atoms with Crippen molar-refractivity contribution in [3.63, 3.8) is 0 Å². The number of hydrogen-bond acceptors (Lipinski definition) is 8. The minimum Gasteiger partial charge on any atom is -0.336 e. The quantitative estimate of drug-likeness (QED) is 0.212. The Morgan fingerprint density at radius 3 is 1.17 bits per heavy atom. The zero-order chi connectivity index (χ0) is 40.9. The van der Waals surface area contributed by atoms with E-state index in [1.807, 2.05) is 62.4 Å². The summed E-state index contributed by atoms with van der Waals surface area (Å²) in [5.41, 5.74) is 2.82. The summed E-state index contributed by atoms with van der Waals surface area (Å²) in [6, 6.07) is 34.4. The Balaban J connectivity index is 0.000000177. The second-order valence-electron chi connectivity index (χ2n) is 14.1. The second-order valence-corrected chi connectivity index (χ2v) is 17.8. The minimum absolute atomic E-state index is 0.0712. The van der Waals surface area contributed by atoms with Crippen molar-refractivity contribution in [2.75, 3.05) is 39.3 Å². The number of benzene rings is 4. The molecule has 8 rings (SSSR count). The summed E-state index contributed by atoms with van der Waals surface area (Å²) in [5.74, 6) is -0.142. The molecule has 14 nitrogen and oxygen atoms in total. The van der Waals surface area contributed by atoms with E-state index in [2.05, 4.69) is 10.2 Å². The molecule has 2 fully saturated rings. The number of nitrogens with zero attached hydrogens (tertiary/aromatic N) is 8. The lowest BCUT2D eigenvalue weighted by Crippen LogP contribution is -2.55. The Hall–Kier alpha value is -5.94. The third-order valence-corrected chi connectivity index (χ3v) is 14.2. The van der Waals surface area contributed by atoms with Crippen LogP contribution in [0.1, 0.15) is 34.6 Å². The molecule has 2 atom stereocenters. The molecule has 2 aliphatic heterocycles. The molecule has 0 radical (unpaired) electrons. The first-order valence-corrected chi connectivity index (χ1v) is 21.7. The first kappa shape index (κ1) is 40.3. The van der Waals surface area contributed by atoms with Crippen LogP contribution in [0, 0.1) is 0 Å². The van der Waals surface area contributed by atoms with Crippen molar-refractivity contribution >= 4 is 31.9 Å². The maximum Gasteiger partial charge on any atom is 0.253 e. The van der Waals surface area contributed by atoms with Crippen LogP contribution in [0.4, 0.5) is 0 Å². The van der Waals surface area contributed by atoms with Crippen molar-refractivity contribution in [2.24, 2.45) is 0 Å². The summed E-state index contributed by atoms with van der Waals surface area (Å²) >= 11 is 0. The van der Waals surface area contributed by atoms with Gasteiger partial charge in [-0.2, -0.15) is 18.8 Å². The van der Waals surface area contributed by atoms with Gasteiger partial charge >= 0.3 is 0 Å². The van der Waals surface area contributed by atoms with Gasteiger partial charge < -0.3 is 9.80 Å². The molecule has 300 valence electrons. The Labute approximate surface area is 338 Å². The van der Waals surface area contributed by atoms with Crippen LogP contribution >= 0.6 is 0 Å². The zero-order valence-electron chi connectivity index (χ0n) is 32.1. The van der Waals surface area contributed by atoms with Crippen molar-refractivity contribution in [1.82, 2.24) is 38.0 Å². The summed E-state index contributed by atoms with van der Waals surface area (Å²) in [6.45, 7) is 5.65. The summed E-state index contributed by atoms with van der Waals surface area (Å²) in [5, 5.41) is 8.30. The van der Waals surface area contributed by atoms with Crippen molar-refractivity contribution in [3.05, 3.63) is 157 Å². The van der Waals surface area contributed by atoms with E-state index in [1.165, 1.54) is 8.61 Å². The summed E-state index contributed by atoms with van der Waals surface area (Å²) < 4.78 is 58.9. The van der Waals surface area contributed by atoms with E-state index in [9.17, 15) is 26.4 Å². The number of aromatic nitrogens is 4. The molecule has 4 heterocycles. The maximum atomic E-state index is 13.1. The van der Waals surface area contributed by atoms with Gasteiger partial charge in [-0.15, -0.1) is 0 Å². The number of carbonyl (C=O) groups excluding carboxylic acids is 2. The van der Waals surface area contributed by atoms with E-state index in [0.29, 0.717) is 37.3 Å². The second kappa shape index (κ2) is 17.3. The largest absolute Gasteiger partial charge is 0.336 e. The Morgan fingerprint density at radius 1 is 0.500 bits per heavy atom. The van der Waals surface area contributed by atoms with Crippen molar-refractivity contribution < 1.29 is 26.4 Å². The molecular weight excluding hydrogens is 777 g/mol. The highest BCUT2D eigenvalue weighted by Crippen LogP contribution is 2.25. The first-order chi connectivity index (χ1) is 27.9. The van der Waals surface area contributed by atoms with Gasteiger partial charge in [0.05, 0.1) is 21.2 Å². The molecule has 0 bridgehead atoms. The van der Waals surface area contributed by atoms with Crippen LogP contribution in [-0.4, -0.2) is 118 Å². The van der Waals surface area contributed by atoms with Gasteiger partial charge in [-0.3, -0.25) is 9.59 Å². The minimum atomic E-state index is -3.64. The standard InChI is InChI=1S/2C21H22N4O3S/c2*1-17-16-23(21(26)18-6-3-2-4-7-18)14-15-25(17)29(27,28)20-10-8-19(9-11-20)24-13-5-12-22-24/h2*2-13,17H,14-16H2,1H3. The fourth-order valence-electron chi connectivity index (χ4n) is 7.15. The van der Waals surface area contributed by atoms with E-state index in [-0.39, 0.29) is 46.8 Å². The van der Waals surface area contributed by atoms with Crippen molar-refractivity contribution in [3.8, 4) is 11.4 Å². The first-order valence-electron chi connectivity index (χ1n) is 18.9. The highest BCUT2D eigenvalue weighted by molar-refractivity contribution is 7.89. The molecule has 16 heteroatoms. The van der Waals surface area contributed by atoms with Gasteiger partial charge in [0.25, 0.3) is 11.8 Å². The summed E-state index contributed by atoms with van der Waals surface area (Å²) in [7, 11) is -7.29. The van der Waals surface area contributed by atoms with Crippen LogP contribution < -0.4 is 0 Å². The average molecular weight is 821 g/mol. The van der Waals surface area contributed by atoms with Crippen LogP contribution in [-0.2, 0) is 20.0 Å². The van der Waals surface area contributed by atoms with Gasteiger partial charge in [-0.05, 0) is 98.8 Å². The number of rotatable bonds is 8. The van der Waals surface area contributed by atoms with Crippen molar-refractivity contribution in [2.45, 2.75) is 35.7 Å². The van der Waals surface area contributed by atoms with E-state index in [1.54, 1.807) is 117 Å². The fraction of sp³-hybridized carbons (Fsp3) is 0.238. The van der Waals surface area contributed by atoms with E-state index >= 15 is 0 Å². The highest BCUT2D eigenvalue weighted by atomic mass is 32.2. The van der Waals surface area contributed by atoms with Gasteiger partial charge in [-0.1, -0.05) is 36.4 Å². The molecule has 0 saturated carbocycles. The third kappa shape index (κ3) is 8.64. The van der Waals surface area contributed by atoms with E-state index in [4.69, 9.17) is 0 Å². The predicted octanol–water partition coefficient (Wildman–Crippen LogP) is 4.82. The summed E-state index contributed by atoms with van der Waals surface area (Å²) in [6.07, 6.45) is 6.94. The molecule has 58 heavy (non-hydrogen) atoms. The van der Waals surface area contributed by atoms with Gasteiger partial charge in [0.1, 0.15) is 0 Å². The fourth-order valence-corrected chi connectivity index (χ4v) is 10.4. The highest BCUT2D eigenvalue weighted by Gasteiger charge is 2.37.